The lowest BCUT2D eigenvalue weighted by atomic mass is 10.0. The molecule has 164 valence electrons. The van der Waals surface area contributed by atoms with E-state index in [4.69, 9.17) is 14.2 Å². The Bertz CT molecular complexity index is 1100. The topological polar surface area (TPSA) is 87.9 Å². The average molecular weight is 433 g/mol. The molecule has 0 saturated carbocycles. The molecule has 0 N–H and O–H groups in total. The lowest BCUT2D eigenvalue weighted by Gasteiger charge is -2.11. The number of hydrogen-bond acceptors (Lipinski definition) is 6. The molecule has 7 nitrogen and oxygen atoms in total. The van der Waals surface area contributed by atoms with Gasteiger partial charge in [0.15, 0.2) is 5.75 Å². The van der Waals surface area contributed by atoms with E-state index in [-0.39, 0.29) is 17.5 Å². The second-order valence-electron chi connectivity index (χ2n) is 7.14. The van der Waals surface area contributed by atoms with Gasteiger partial charge in [-0.05, 0) is 67.4 Å². The Balaban J connectivity index is 1.72. The summed E-state index contributed by atoms with van der Waals surface area (Å²) in [4.78, 5) is 23.3. The monoisotopic (exact) mass is 433 g/mol. The van der Waals surface area contributed by atoms with Crippen LogP contribution >= 0.6 is 0 Å². The average Bonchev–Trinajstić information content (AvgIpc) is 2.78. The summed E-state index contributed by atoms with van der Waals surface area (Å²) in [6.07, 6.45) is 1.46. The molecule has 0 spiro atoms. The number of ether oxygens (including phenoxy) is 3. The Kier molecular flexibility index (Phi) is 7.23. The number of rotatable bonds is 9. The zero-order valence-electron chi connectivity index (χ0n) is 17.8. The van der Waals surface area contributed by atoms with Crippen LogP contribution in [0.4, 0.5) is 5.69 Å². The first-order valence-corrected chi connectivity index (χ1v) is 9.99. The standard InChI is InChI=1S/C25H23NO6/c1-4-15-30-21-10-7-19(8-11-21)25(27)32-22-12-5-18(6-13-22)20-9-14-24(31-17(2)3)23(16-20)26(28)29/h4-14,16-17H,1,15H2,2-3H3. The van der Waals surface area contributed by atoms with Crippen LogP contribution in [0.15, 0.2) is 79.4 Å². The zero-order chi connectivity index (χ0) is 23.1. The third-order valence-electron chi connectivity index (χ3n) is 4.37. The lowest BCUT2D eigenvalue weighted by molar-refractivity contribution is -0.386. The van der Waals surface area contributed by atoms with E-state index in [2.05, 4.69) is 6.58 Å². The van der Waals surface area contributed by atoms with Crippen molar-refractivity contribution >= 4 is 11.7 Å². The van der Waals surface area contributed by atoms with E-state index in [9.17, 15) is 14.9 Å². The van der Waals surface area contributed by atoms with Gasteiger partial charge in [-0.2, -0.15) is 0 Å². The molecular weight excluding hydrogens is 410 g/mol. The number of hydrogen-bond donors (Lipinski definition) is 0. The van der Waals surface area contributed by atoms with Crippen molar-refractivity contribution in [2.75, 3.05) is 6.61 Å². The van der Waals surface area contributed by atoms with Crippen molar-refractivity contribution in [1.82, 2.24) is 0 Å². The van der Waals surface area contributed by atoms with Crippen LogP contribution < -0.4 is 14.2 Å². The van der Waals surface area contributed by atoms with Crippen molar-refractivity contribution in [2.24, 2.45) is 0 Å². The Labute approximate surface area is 186 Å². The number of esters is 1. The summed E-state index contributed by atoms with van der Waals surface area (Å²) in [6.45, 7) is 7.58. The maximum atomic E-state index is 12.4. The van der Waals surface area contributed by atoms with Crippen LogP contribution in [-0.4, -0.2) is 23.6 Å². The number of benzene rings is 3. The van der Waals surface area contributed by atoms with E-state index in [1.165, 1.54) is 6.07 Å². The van der Waals surface area contributed by atoms with Crippen LogP contribution in [0.1, 0.15) is 24.2 Å². The van der Waals surface area contributed by atoms with E-state index in [0.717, 1.165) is 5.56 Å². The van der Waals surface area contributed by atoms with Crippen LogP contribution in [0.25, 0.3) is 11.1 Å². The second kappa shape index (κ2) is 10.3. The minimum absolute atomic E-state index is 0.104. The molecule has 0 aliphatic rings. The molecule has 0 amide bonds. The second-order valence-corrected chi connectivity index (χ2v) is 7.14. The maximum Gasteiger partial charge on any atom is 0.343 e. The Morgan fingerprint density at radius 3 is 2.22 bits per heavy atom. The highest BCUT2D eigenvalue weighted by Crippen LogP contribution is 2.33. The smallest absolute Gasteiger partial charge is 0.343 e. The van der Waals surface area contributed by atoms with Crippen molar-refractivity contribution in [3.05, 3.63) is 95.1 Å². The summed E-state index contributed by atoms with van der Waals surface area (Å²) in [5.74, 6) is 0.712. The predicted octanol–water partition coefficient (Wildman–Crippen LogP) is 5.83. The summed E-state index contributed by atoms with van der Waals surface area (Å²) < 4.78 is 16.3. The predicted molar refractivity (Wildman–Crippen MR) is 121 cm³/mol. The zero-order valence-corrected chi connectivity index (χ0v) is 17.8. The maximum absolute atomic E-state index is 12.4. The molecule has 0 bridgehead atoms. The van der Waals surface area contributed by atoms with Crippen molar-refractivity contribution in [3.63, 3.8) is 0 Å². The van der Waals surface area contributed by atoms with Crippen molar-refractivity contribution in [2.45, 2.75) is 20.0 Å². The van der Waals surface area contributed by atoms with Crippen molar-refractivity contribution in [3.8, 4) is 28.4 Å². The third-order valence-corrected chi connectivity index (χ3v) is 4.37. The fourth-order valence-electron chi connectivity index (χ4n) is 2.92. The van der Waals surface area contributed by atoms with Gasteiger partial charge in [-0.25, -0.2) is 4.79 Å². The van der Waals surface area contributed by atoms with Crippen LogP contribution in [0.2, 0.25) is 0 Å². The SMILES string of the molecule is C=CCOc1ccc(C(=O)Oc2ccc(-c3ccc(OC(C)C)c([N+](=O)[O-])c3)cc2)cc1. The summed E-state index contributed by atoms with van der Waals surface area (Å²) in [6, 6.07) is 18.2. The van der Waals surface area contributed by atoms with Gasteiger partial charge in [-0.15, -0.1) is 0 Å². The molecule has 0 aliphatic carbocycles. The van der Waals surface area contributed by atoms with Gasteiger partial charge in [-0.1, -0.05) is 30.9 Å². The first kappa shape index (κ1) is 22.6. The van der Waals surface area contributed by atoms with E-state index in [1.54, 1.807) is 66.7 Å². The van der Waals surface area contributed by atoms with Gasteiger partial charge < -0.3 is 14.2 Å². The van der Waals surface area contributed by atoms with Crippen molar-refractivity contribution < 1.29 is 23.9 Å². The van der Waals surface area contributed by atoms with E-state index in [1.807, 2.05) is 13.8 Å². The lowest BCUT2D eigenvalue weighted by Crippen LogP contribution is -2.08. The van der Waals surface area contributed by atoms with Crippen LogP contribution in [0, 0.1) is 10.1 Å². The van der Waals surface area contributed by atoms with E-state index in [0.29, 0.717) is 29.2 Å². The van der Waals surface area contributed by atoms with Crippen LogP contribution in [0.3, 0.4) is 0 Å². The van der Waals surface area contributed by atoms with Crippen LogP contribution in [0.5, 0.6) is 17.2 Å². The largest absolute Gasteiger partial charge is 0.490 e. The molecule has 0 atom stereocenters. The number of nitrogens with zero attached hydrogens (tertiary/aromatic N) is 1. The summed E-state index contributed by atoms with van der Waals surface area (Å²) in [5, 5.41) is 11.4. The first-order chi connectivity index (χ1) is 15.4. The summed E-state index contributed by atoms with van der Waals surface area (Å²) in [5.41, 5.74) is 1.68. The molecule has 0 fully saturated rings. The fraction of sp³-hybridized carbons (Fsp3) is 0.160. The highest BCUT2D eigenvalue weighted by atomic mass is 16.6. The van der Waals surface area contributed by atoms with Gasteiger partial charge in [-0.3, -0.25) is 10.1 Å². The van der Waals surface area contributed by atoms with Gasteiger partial charge in [0.05, 0.1) is 16.6 Å². The molecule has 0 aliphatic heterocycles. The molecule has 3 aromatic carbocycles. The van der Waals surface area contributed by atoms with Gasteiger partial charge in [0.2, 0.25) is 0 Å². The molecule has 0 aromatic heterocycles. The molecule has 32 heavy (non-hydrogen) atoms. The summed E-state index contributed by atoms with van der Waals surface area (Å²) in [7, 11) is 0. The number of nitro groups is 1. The van der Waals surface area contributed by atoms with Gasteiger partial charge in [0, 0.05) is 6.07 Å². The molecule has 0 unspecified atom stereocenters. The quantitative estimate of drug-likeness (QED) is 0.139. The molecule has 3 rings (SSSR count). The minimum atomic E-state index is -0.501. The fourth-order valence-corrected chi connectivity index (χ4v) is 2.92. The molecule has 0 heterocycles. The van der Waals surface area contributed by atoms with Gasteiger partial charge in [0.1, 0.15) is 18.1 Å². The molecule has 3 aromatic rings. The van der Waals surface area contributed by atoms with E-state index >= 15 is 0 Å². The molecular formula is C25H23NO6. The normalized spacial score (nSPS) is 10.5. The number of nitro benzene ring substituents is 1. The minimum Gasteiger partial charge on any atom is -0.490 e. The van der Waals surface area contributed by atoms with Crippen LogP contribution in [-0.2, 0) is 0 Å². The van der Waals surface area contributed by atoms with E-state index < -0.39 is 10.9 Å². The first-order valence-electron chi connectivity index (χ1n) is 9.99. The highest BCUT2D eigenvalue weighted by molar-refractivity contribution is 5.91. The third kappa shape index (κ3) is 5.72. The number of carbonyl (C=O) groups excluding carboxylic acids is 1. The molecule has 7 heteroatoms. The Morgan fingerprint density at radius 2 is 1.62 bits per heavy atom. The van der Waals surface area contributed by atoms with Gasteiger partial charge >= 0.3 is 11.7 Å². The Hall–Kier alpha value is -4.13. The molecule has 0 radical (unpaired) electrons. The summed E-state index contributed by atoms with van der Waals surface area (Å²) >= 11 is 0. The van der Waals surface area contributed by atoms with Gasteiger partial charge in [0.25, 0.3) is 0 Å². The van der Waals surface area contributed by atoms with Crippen molar-refractivity contribution in [1.29, 1.82) is 0 Å². The Morgan fingerprint density at radius 1 is 1.00 bits per heavy atom. The molecule has 0 saturated heterocycles. The highest BCUT2D eigenvalue weighted by Gasteiger charge is 2.18. The number of carbonyl (C=O) groups is 1.